The minimum Gasteiger partial charge on any atom is -0.324 e. The number of amides is 2. The fourth-order valence-corrected chi connectivity index (χ4v) is 5.37. The van der Waals surface area contributed by atoms with Gasteiger partial charge in [0.25, 0.3) is 0 Å². The Hall–Kier alpha value is -1.72. The summed E-state index contributed by atoms with van der Waals surface area (Å²) in [5.41, 5.74) is 6.63. The molecule has 0 saturated carbocycles. The van der Waals surface area contributed by atoms with Crippen molar-refractivity contribution in [2.24, 2.45) is 0 Å². The van der Waals surface area contributed by atoms with E-state index in [-0.39, 0.29) is 6.03 Å². The number of likely N-dealkylation sites (N-methyl/N-ethyl adjacent to an activating group) is 1. The number of rotatable bonds is 4. The Labute approximate surface area is 166 Å². The number of urea groups is 1. The molecule has 2 aliphatic rings. The molecule has 1 aliphatic carbocycles. The van der Waals surface area contributed by atoms with E-state index in [4.69, 9.17) is 11.6 Å². The van der Waals surface area contributed by atoms with Gasteiger partial charge >= 0.3 is 6.03 Å². The average Bonchev–Trinajstić information content (AvgIpc) is 2.96. The van der Waals surface area contributed by atoms with Crippen molar-refractivity contribution in [1.82, 2.24) is 14.5 Å². The van der Waals surface area contributed by atoms with Crippen LogP contribution in [0.15, 0.2) is 18.2 Å². The normalized spacial score (nSPS) is 21.9. The number of benzene rings is 1. The second-order valence-electron chi connectivity index (χ2n) is 7.58. The first kappa shape index (κ1) is 18.6. The highest BCUT2D eigenvalue weighted by Crippen LogP contribution is 2.46. The van der Waals surface area contributed by atoms with Crippen LogP contribution in [0, 0.1) is 0 Å². The molecule has 0 radical (unpaired) electrons. The van der Waals surface area contributed by atoms with Gasteiger partial charge in [0, 0.05) is 36.0 Å². The van der Waals surface area contributed by atoms with Crippen LogP contribution in [0.1, 0.15) is 50.7 Å². The van der Waals surface area contributed by atoms with Crippen LogP contribution >= 0.6 is 11.6 Å². The van der Waals surface area contributed by atoms with Gasteiger partial charge in [0.05, 0.1) is 5.52 Å². The molecule has 6 heteroatoms. The third kappa shape index (κ3) is 2.92. The fraction of sp³-hybridized carbons (Fsp3) is 0.571. The Balaban J connectivity index is 1.79. The Bertz CT molecular complexity index is 857. The minimum atomic E-state index is -0.109. The van der Waals surface area contributed by atoms with Gasteiger partial charge in [-0.3, -0.25) is 4.90 Å². The van der Waals surface area contributed by atoms with Crippen molar-refractivity contribution >= 4 is 28.5 Å². The van der Waals surface area contributed by atoms with Crippen molar-refractivity contribution in [2.45, 2.75) is 52.0 Å². The molecule has 1 aromatic carbocycles. The lowest BCUT2D eigenvalue weighted by Gasteiger charge is -2.43. The molecular weight excluding hydrogens is 360 g/mol. The lowest BCUT2D eigenvalue weighted by Crippen LogP contribution is -2.46. The number of halogens is 1. The maximum absolute atomic E-state index is 12.6. The van der Waals surface area contributed by atoms with Crippen LogP contribution in [0.5, 0.6) is 0 Å². The highest BCUT2D eigenvalue weighted by atomic mass is 35.5. The Kier molecular flexibility index (Phi) is 5.08. The van der Waals surface area contributed by atoms with Gasteiger partial charge in [0.2, 0.25) is 0 Å². The van der Waals surface area contributed by atoms with Crippen LogP contribution in [0.4, 0.5) is 4.79 Å². The third-order valence-electron chi connectivity index (χ3n) is 6.43. The molecule has 0 unspecified atom stereocenters. The van der Waals surface area contributed by atoms with Gasteiger partial charge in [0.1, 0.15) is 5.15 Å². The minimum absolute atomic E-state index is 0.109. The number of carbonyl (C=O) groups is 1. The number of piperidine rings is 1. The number of nitrogens with zero attached hydrogens (tertiary/aromatic N) is 3. The van der Waals surface area contributed by atoms with E-state index < -0.39 is 0 Å². The van der Waals surface area contributed by atoms with Crippen LogP contribution in [0.3, 0.4) is 0 Å². The van der Waals surface area contributed by atoms with E-state index in [1.54, 1.807) is 9.58 Å². The molecule has 5 nitrogen and oxygen atoms in total. The largest absolute Gasteiger partial charge is 0.336 e. The van der Waals surface area contributed by atoms with Crippen molar-refractivity contribution in [2.75, 3.05) is 31.6 Å². The summed E-state index contributed by atoms with van der Waals surface area (Å²) < 4.78 is 1.80. The summed E-state index contributed by atoms with van der Waals surface area (Å²) in [6.45, 7) is 9.80. The smallest absolute Gasteiger partial charge is 0.324 e. The summed E-state index contributed by atoms with van der Waals surface area (Å²) in [5, 5.41) is 1.90. The van der Waals surface area contributed by atoms with Crippen LogP contribution in [0.2, 0.25) is 5.15 Å². The first-order valence-electron chi connectivity index (χ1n) is 10.2. The SMILES string of the molecule is CCN(CC)C(=O)Nn1c(Cl)c2c3c(cccc31)[C@H]1CCCN(CC)[C@@H]1C2. The standard InChI is InChI=1S/C21H29ClN4O/c1-4-24(5-2)21(27)23-26-17-11-7-9-15-14-10-8-12-25(6-3)18(14)13-16(19(15)17)20(26)22/h7,9,11,14,18H,4-6,8,10,12-13H2,1-3H3,(H,23,27)/t14-,18-/m1/s1. The monoisotopic (exact) mass is 388 g/mol. The average molecular weight is 389 g/mol. The highest BCUT2D eigenvalue weighted by Gasteiger charge is 2.38. The molecule has 2 aromatic rings. The molecule has 2 amide bonds. The third-order valence-corrected chi connectivity index (χ3v) is 6.83. The zero-order valence-electron chi connectivity index (χ0n) is 16.5. The molecule has 0 bridgehead atoms. The summed E-state index contributed by atoms with van der Waals surface area (Å²) in [6.07, 6.45) is 3.43. The maximum atomic E-state index is 12.6. The summed E-state index contributed by atoms with van der Waals surface area (Å²) in [7, 11) is 0. The lowest BCUT2D eigenvalue weighted by atomic mass is 9.75. The van der Waals surface area contributed by atoms with Gasteiger partial charge in [-0.2, -0.15) is 0 Å². The van der Waals surface area contributed by atoms with Gasteiger partial charge in [-0.05, 0) is 57.8 Å². The predicted octanol–water partition coefficient (Wildman–Crippen LogP) is 4.42. The lowest BCUT2D eigenvalue weighted by molar-refractivity contribution is 0.131. The number of hydrogen-bond donors (Lipinski definition) is 1. The van der Waals surface area contributed by atoms with E-state index in [1.165, 1.54) is 35.9 Å². The van der Waals surface area contributed by atoms with Gasteiger partial charge in [-0.25, -0.2) is 14.9 Å². The summed E-state index contributed by atoms with van der Waals surface area (Å²) in [5.74, 6) is 0.556. The number of carbonyl (C=O) groups excluding carboxylic acids is 1. The number of likely N-dealkylation sites (tertiary alicyclic amines) is 1. The first-order valence-corrected chi connectivity index (χ1v) is 10.6. The Morgan fingerprint density at radius 1 is 1.30 bits per heavy atom. The predicted molar refractivity (Wildman–Crippen MR) is 111 cm³/mol. The fourth-order valence-electron chi connectivity index (χ4n) is 5.06. The van der Waals surface area contributed by atoms with E-state index in [0.717, 1.165) is 18.5 Å². The van der Waals surface area contributed by atoms with E-state index in [2.05, 4.69) is 35.4 Å². The highest BCUT2D eigenvalue weighted by molar-refractivity contribution is 6.32. The zero-order chi connectivity index (χ0) is 19.1. The molecule has 1 N–H and O–H groups in total. The van der Waals surface area contributed by atoms with Crippen LogP contribution in [-0.2, 0) is 6.42 Å². The molecule has 27 heavy (non-hydrogen) atoms. The molecule has 1 fully saturated rings. The van der Waals surface area contributed by atoms with Crippen LogP contribution < -0.4 is 5.43 Å². The molecule has 2 heterocycles. The van der Waals surface area contributed by atoms with Gasteiger partial charge < -0.3 is 4.90 Å². The summed E-state index contributed by atoms with van der Waals surface area (Å²) in [6, 6.07) is 6.83. The van der Waals surface area contributed by atoms with Crippen molar-refractivity contribution in [3.63, 3.8) is 0 Å². The zero-order valence-corrected chi connectivity index (χ0v) is 17.2. The van der Waals surface area contributed by atoms with E-state index in [1.807, 2.05) is 13.8 Å². The molecule has 2 atom stereocenters. The van der Waals surface area contributed by atoms with Crippen molar-refractivity contribution in [3.8, 4) is 0 Å². The molecule has 4 rings (SSSR count). The second-order valence-corrected chi connectivity index (χ2v) is 7.94. The van der Waals surface area contributed by atoms with Gasteiger partial charge in [-0.15, -0.1) is 0 Å². The Morgan fingerprint density at radius 2 is 2.07 bits per heavy atom. The summed E-state index contributed by atoms with van der Waals surface area (Å²) >= 11 is 6.83. The van der Waals surface area contributed by atoms with Gasteiger partial charge in [0.15, 0.2) is 0 Å². The molecule has 1 aliphatic heterocycles. The maximum Gasteiger partial charge on any atom is 0.336 e. The quantitative estimate of drug-likeness (QED) is 0.841. The second kappa shape index (κ2) is 7.36. The molecule has 146 valence electrons. The number of fused-ring (bicyclic) bond motifs is 2. The number of hydrogen-bond acceptors (Lipinski definition) is 2. The van der Waals surface area contributed by atoms with Crippen LogP contribution in [0.25, 0.3) is 10.9 Å². The van der Waals surface area contributed by atoms with Crippen molar-refractivity contribution in [1.29, 1.82) is 0 Å². The number of nitrogens with one attached hydrogen (secondary N) is 1. The number of aromatic nitrogens is 1. The van der Waals surface area contributed by atoms with Crippen molar-refractivity contribution in [3.05, 3.63) is 34.5 Å². The molecule has 0 spiro atoms. The van der Waals surface area contributed by atoms with Crippen molar-refractivity contribution < 1.29 is 4.79 Å². The molecule has 1 aromatic heterocycles. The first-order chi connectivity index (χ1) is 13.1. The van der Waals surface area contributed by atoms with E-state index >= 15 is 0 Å². The summed E-state index contributed by atoms with van der Waals surface area (Å²) in [4.78, 5) is 17.0. The molecular formula is C21H29ClN4O. The van der Waals surface area contributed by atoms with E-state index in [9.17, 15) is 4.79 Å². The van der Waals surface area contributed by atoms with Crippen LogP contribution in [-0.4, -0.2) is 52.7 Å². The molecule has 1 saturated heterocycles. The topological polar surface area (TPSA) is 40.5 Å². The van der Waals surface area contributed by atoms with E-state index in [0.29, 0.717) is 30.2 Å². The van der Waals surface area contributed by atoms with Gasteiger partial charge in [-0.1, -0.05) is 30.7 Å². The Morgan fingerprint density at radius 3 is 2.78 bits per heavy atom.